The Kier molecular flexibility index (Phi) is 4.78. The minimum atomic E-state index is 0.718. The molecule has 0 spiro atoms. The van der Waals surface area contributed by atoms with Crippen LogP contribution in [0, 0.1) is 19.8 Å². The third kappa shape index (κ3) is 3.56. The Labute approximate surface area is 110 Å². The quantitative estimate of drug-likeness (QED) is 0.810. The molecule has 1 aromatic rings. The number of H-pyrrole nitrogens is 1. The molecular formula is C14H26N4. The zero-order valence-corrected chi connectivity index (χ0v) is 11.9. The van der Waals surface area contributed by atoms with Crippen LogP contribution in [0.5, 0.6) is 0 Å². The van der Waals surface area contributed by atoms with E-state index in [2.05, 4.69) is 41.2 Å². The van der Waals surface area contributed by atoms with E-state index in [1.807, 2.05) is 0 Å². The van der Waals surface area contributed by atoms with Gasteiger partial charge in [-0.3, -0.25) is 5.10 Å². The van der Waals surface area contributed by atoms with Crippen molar-refractivity contribution < 1.29 is 0 Å². The summed E-state index contributed by atoms with van der Waals surface area (Å²) in [6, 6.07) is 0. The molecule has 0 radical (unpaired) electrons. The molecule has 18 heavy (non-hydrogen) atoms. The van der Waals surface area contributed by atoms with Crippen molar-refractivity contribution in [3.63, 3.8) is 0 Å². The summed E-state index contributed by atoms with van der Waals surface area (Å²) in [6.45, 7) is 12.3. The van der Waals surface area contributed by atoms with Gasteiger partial charge in [-0.05, 0) is 52.2 Å². The maximum atomic E-state index is 4.22. The number of rotatable bonds is 6. The highest BCUT2D eigenvalue weighted by Gasteiger charge is 2.14. The monoisotopic (exact) mass is 250 g/mol. The lowest BCUT2D eigenvalue weighted by molar-refractivity contribution is 0.282. The van der Waals surface area contributed by atoms with Crippen molar-refractivity contribution in [3.8, 4) is 0 Å². The van der Waals surface area contributed by atoms with Crippen molar-refractivity contribution in [1.82, 2.24) is 20.4 Å². The van der Waals surface area contributed by atoms with Gasteiger partial charge >= 0.3 is 0 Å². The molecule has 4 heteroatoms. The Morgan fingerprint density at radius 1 is 1.33 bits per heavy atom. The maximum Gasteiger partial charge on any atom is 0.0638 e. The number of hydrogen-bond acceptors (Lipinski definition) is 3. The average Bonchev–Trinajstić information content (AvgIpc) is 2.93. The third-order valence-corrected chi connectivity index (χ3v) is 3.84. The summed E-state index contributed by atoms with van der Waals surface area (Å²) in [6.07, 6.45) is 2.76. The van der Waals surface area contributed by atoms with Crippen LogP contribution in [-0.2, 0) is 6.54 Å². The lowest BCUT2D eigenvalue weighted by Crippen LogP contribution is -2.31. The molecule has 1 aliphatic rings. The molecule has 1 fully saturated rings. The number of aromatic amines is 1. The fraction of sp³-hybridized carbons (Fsp3) is 0.786. The topological polar surface area (TPSA) is 44.0 Å². The minimum absolute atomic E-state index is 0.718. The van der Waals surface area contributed by atoms with Gasteiger partial charge in [-0.15, -0.1) is 0 Å². The van der Waals surface area contributed by atoms with E-state index < -0.39 is 0 Å². The molecule has 2 heterocycles. The lowest BCUT2D eigenvalue weighted by atomic mass is 10.1. The predicted octanol–water partition coefficient (Wildman–Crippen LogP) is 1.85. The molecule has 1 saturated heterocycles. The average molecular weight is 250 g/mol. The van der Waals surface area contributed by atoms with Gasteiger partial charge in [0.25, 0.3) is 0 Å². The van der Waals surface area contributed by atoms with Crippen LogP contribution < -0.4 is 5.32 Å². The first kappa shape index (κ1) is 13.6. The summed E-state index contributed by atoms with van der Waals surface area (Å²) in [5.41, 5.74) is 3.63. The van der Waals surface area contributed by atoms with Gasteiger partial charge in [0, 0.05) is 24.3 Å². The summed E-state index contributed by atoms with van der Waals surface area (Å²) in [7, 11) is 0. The number of nitrogens with one attached hydrogen (secondary N) is 2. The SMILES string of the molecule is Cc1n[nH]c(C)c1CNCC(C)CN1CCCC1. The molecule has 0 amide bonds. The molecular weight excluding hydrogens is 224 g/mol. The van der Waals surface area contributed by atoms with Crippen molar-refractivity contribution in [1.29, 1.82) is 0 Å². The second kappa shape index (κ2) is 6.34. The molecule has 1 aromatic heterocycles. The van der Waals surface area contributed by atoms with Crippen molar-refractivity contribution in [3.05, 3.63) is 17.0 Å². The molecule has 1 aliphatic heterocycles. The molecule has 1 unspecified atom stereocenters. The normalized spacial score (nSPS) is 18.4. The van der Waals surface area contributed by atoms with Crippen LogP contribution in [-0.4, -0.2) is 41.3 Å². The van der Waals surface area contributed by atoms with E-state index in [9.17, 15) is 0 Å². The van der Waals surface area contributed by atoms with Crippen molar-refractivity contribution >= 4 is 0 Å². The van der Waals surface area contributed by atoms with Crippen LogP contribution in [0.2, 0.25) is 0 Å². The molecule has 0 bridgehead atoms. The van der Waals surface area contributed by atoms with Gasteiger partial charge in [0.15, 0.2) is 0 Å². The lowest BCUT2D eigenvalue weighted by Gasteiger charge is -2.20. The Hall–Kier alpha value is -0.870. The van der Waals surface area contributed by atoms with Crippen molar-refractivity contribution in [2.24, 2.45) is 5.92 Å². The van der Waals surface area contributed by atoms with Crippen LogP contribution in [0.3, 0.4) is 0 Å². The highest BCUT2D eigenvalue weighted by molar-refractivity contribution is 5.22. The predicted molar refractivity (Wildman–Crippen MR) is 74.6 cm³/mol. The van der Waals surface area contributed by atoms with Crippen molar-refractivity contribution in [2.45, 2.75) is 40.2 Å². The molecule has 4 nitrogen and oxygen atoms in total. The number of aromatic nitrogens is 2. The molecule has 2 rings (SSSR count). The molecule has 0 aliphatic carbocycles. The Balaban J connectivity index is 1.68. The van der Waals surface area contributed by atoms with Crippen LogP contribution in [0.1, 0.15) is 36.7 Å². The minimum Gasteiger partial charge on any atom is -0.312 e. The van der Waals surface area contributed by atoms with Gasteiger partial charge in [0.05, 0.1) is 5.69 Å². The van der Waals surface area contributed by atoms with Crippen LogP contribution >= 0.6 is 0 Å². The molecule has 102 valence electrons. The largest absolute Gasteiger partial charge is 0.312 e. The number of aryl methyl sites for hydroxylation is 2. The Bertz CT molecular complexity index is 346. The van der Waals surface area contributed by atoms with E-state index in [1.54, 1.807) is 0 Å². The zero-order chi connectivity index (χ0) is 13.0. The summed E-state index contributed by atoms with van der Waals surface area (Å²) in [4.78, 5) is 2.58. The molecule has 2 N–H and O–H groups in total. The second-order valence-corrected chi connectivity index (χ2v) is 5.66. The number of nitrogens with zero attached hydrogens (tertiary/aromatic N) is 2. The third-order valence-electron chi connectivity index (χ3n) is 3.84. The zero-order valence-electron chi connectivity index (χ0n) is 11.9. The highest BCUT2D eigenvalue weighted by atomic mass is 15.1. The molecule has 1 atom stereocenters. The van der Waals surface area contributed by atoms with E-state index in [0.29, 0.717) is 0 Å². The van der Waals surface area contributed by atoms with Gasteiger partial charge in [0.1, 0.15) is 0 Å². The maximum absolute atomic E-state index is 4.22. The van der Waals surface area contributed by atoms with E-state index in [4.69, 9.17) is 0 Å². The summed E-state index contributed by atoms with van der Waals surface area (Å²) < 4.78 is 0. The standard InChI is InChI=1S/C14H26N4/c1-11(10-18-6-4-5-7-18)8-15-9-14-12(2)16-17-13(14)3/h11,15H,4-10H2,1-3H3,(H,16,17). The van der Waals surface area contributed by atoms with Gasteiger partial charge in [-0.25, -0.2) is 0 Å². The summed E-state index contributed by atoms with van der Waals surface area (Å²) >= 11 is 0. The van der Waals surface area contributed by atoms with Gasteiger partial charge in [0.2, 0.25) is 0 Å². The summed E-state index contributed by atoms with van der Waals surface area (Å²) in [5.74, 6) is 0.718. The smallest absolute Gasteiger partial charge is 0.0638 e. The van der Waals surface area contributed by atoms with Crippen LogP contribution in [0.15, 0.2) is 0 Å². The van der Waals surface area contributed by atoms with Gasteiger partial charge < -0.3 is 10.2 Å². The highest BCUT2D eigenvalue weighted by Crippen LogP contribution is 2.11. The van der Waals surface area contributed by atoms with Crippen LogP contribution in [0.4, 0.5) is 0 Å². The van der Waals surface area contributed by atoms with E-state index in [1.165, 1.54) is 43.7 Å². The van der Waals surface area contributed by atoms with E-state index in [-0.39, 0.29) is 0 Å². The first-order chi connectivity index (χ1) is 8.66. The summed E-state index contributed by atoms with van der Waals surface area (Å²) in [5, 5.41) is 10.8. The van der Waals surface area contributed by atoms with E-state index in [0.717, 1.165) is 24.7 Å². The molecule has 0 saturated carbocycles. The van der Waals surface area contributed by atoms with Gasteiger partial charge in [-0.2, -0.15) is 5.10 Å². The van der Waals surface area contributed by atoms with Gasteiger partial charge in [-0.1, -0.05) is 6.92 Å². The van der Waals surface area contributed by atoms with Crippen molar-refractivity contribution in [2.75, 3.05) is 26.2 Å². The second-order valence-electron chi connectivity index (χ2n) is 5.66. The van der Waals surface area contributed by atoms with E-state index >= 15 is 0 Å². The first-order valence-electron chi connectivity index (χ1n) is 7.10. The number of likely N-dealkylation sites (tertiary alicyclic amines) is 1. The molecule has 0 aromatic carbocycles. The Morgan fingerprint density at radius 3 is 2.67 bits per heavy atom. The van der Waals surface area contributed by atoms with Crippen LogP contribution in [0.25, 0.3) is 0 Å². The fourth-order valence-electron chi connectivity index (χ4n) is 2.75. The fourth-order valence-corrected chi connectivity index (χ4v) is 2.75. The number of hydrogen-bond donors (Lipinski definition) is 2. The Morgan fingerprint density at radius 2 is 2.06 bits per heavy atom. The first-order valence-corrected chi connectivity index (χ1v) is 7.10.